The minimum absolute atomic E-state index is 0.383. The molecule has 0 radical (unpaired) electrons. The molecule has 0 aliphatic rings. The summed E-state index contributed by atoms with van der Waals surface area (Å²) < 4.78 is 10.6. The van der Waals surface area contributed by atoms with Gasteiger partial charge in [-0.1, -0.05) is 56.7 Å². The number of aryl methyl sites for hydroxylation is 1. The zero-order valence-electron chi connectivity index (χ0n) is 17.4. The van der Waals surface area contributed by atoms with E-state index in [1.165, 1.54) is 18.4 Å². The van der Waals surface area contributed by atoms with Crippen LogP contribution in [-0.4, -0.2) is 13.1 Å². The molecule has 150 valence electrons. The van der Waals surface area contributed by atoms with Gasteiger partial charge < -0.3 is 9.47 Å². The van der Waals surface area contributed by atoms with Gasteiger partial charge in [-0.15, -0.1) is 0 Å². The quantitative estimate of drug-likeness (QED) is 0.324. The lowest BCUT2D eigenvalue weighted by Crippen LogP contribution is -2.08. The summed E-state index contributed by atoms with van der Waals surface area (Å²) in [6.07, 6.45) is 3.58. The van der Waals surface area contributed by atoms with Gasteiger partial charge in [-0.3, -0.25) is 0 Å². The molecular weight excluding hydrogens is 360 g/mol. The highest BCUT2D eigenvalue weighted by molar-refractivity contribution is 5.91. The second-order valence-electron chi connectivity index (χ2n) is 7.39. The molecule has 0 aliphatic heterocycles. The Hall–Kier alpha value is -3.07. The zero-order valence-corrected chi connectivity index (χ0v) is 17.4. The molecule has 0 heterocycles. The van der Waals surface area contributed by atoms with Crippen molar-refractivity contribution in [3.05, 3.63) is 83.9 Å². The van der Waals surface area contributed by atoms with Crippen molar-refractivity contribution >= 4 is 5.97 Å². The first kappa shape index (κ1) is 20.7. The minimum Gasteiger partial charge on any atom is -0.497 e. The van der Waals surface area contributed by atoms with E-state index in [0.717, 1.165) is 23.5 Å². The Bertz CT molecular complexity index is 910. The first-order chi connectivity index (χ1) is 14.1. The average molecular weight is 389 g/mol. The number of ether oxygens (including phenoxy) is 2. The topological polar surface area (TPSA) is 35.5 Å². The van der Waals surface area contributed by atoms with Crippen LogP contribution in [0.4, 0.5) is 0 Å². The van der Waals surface area contributed by atoms with Crippen LogP contribution in [0.2, 0.25) is 0 Å². The summed E-state index contributed by atoms with van der Waals surface area (Å²) >= 11 is 0. The third-order valence-electron chi connectivity index (χ3n) is 5.30. The van der Waals surface area contributed by atoms with Crippen molar-refractivity contribution in [1.82, 2.24) is 0 Å². The maximum absolute atomic E-state index is 12.3. The predicted octanol–water partition coefficient (Wildman–Crippen LogP) is 6.56. The Morgan fingerprint density at radius 1 is 0.828 bits per heavy atom. The van der Waals surface area contributed by atoms with Crippen LogP contribution in [0, 0.1) is 5.92 Å². The van der Waals surface area contributed by atoms with Crippen molar-refractivity contribution in [2.24, 2.45) is 5.92 Å². The number of methoxy groups -OCH3 is 1. The van der Waals surface area contributed by atoms with Crippen molar-refractivity contribution in [2.75, 3.05) is 7.11 Å². The van der Waals surface area contributed by atoms with Crippen LogP contribution in [0.5, 0.6) is 11.5 Å². The fraction of sp³-hybridized carbons (Fsp3) is 0.269. The first-order valence-electron chi connectivity index (χ1n) is 10.1. The molecule has 3 heteroatoms. The van der Waals surface area contributed by atoms with Crippen molar-refractivity contribution in [1.29, 1.82) is 0 Å². The van der Waals surface area contributed by atoms with Gasteiger partial charge in [0.15, 0.2) is 0 Å². The van der Waals surface area contributed by atoms with E-state index in [2.05, 4.69) is 38.1 Å². The van der Waals surface area contributed by atoms with E-state index in [-0.39, 0.29) is 5.97 Å². The number of hydrogen-bond acceptors (Lipinski definition) is 3. The molecule has 0 saturated heterocycles. The highest BCUT2D eigenvalue weighted by atomic mass is 16.5. The molecule has 0 bridgehead atoms. The lowest BCUT2D eigenvalue weighted by Gasteiger charge is -2.09. The molecule has 0 aromatic heterocycles. The standard InChI is InChI=1S/C26H28O3/c1-4-19(2)5-6-20-7-9-21(10-8-20)22-11-17-25(18-12-22)29-26(27)23-13-15-24(28-3)16-14-23/h7-19H,4-6H2,1-3H3. The van der Waals surface area contributed by atoms with Crippen molar-refractivity contribution < 1.29 is 14.3 Å². The van der Waals surface area contributed by atoms with Crippen LogP contribution in [0.3, 0.4) is 0 Å². The molecular formula is C26H28O3. The lowest BCUT2D eigenvalue weighted by atomic mass is 9.97. The molecule has 29 heavy (non-hydrogen) atoms. The Morgan fingerprint density at radius 3 is 1.93 bits per heavy atom. The van der Waals surface area contributed by atoms with Gasteiger partial charge in [0, 0.05) is 0 Å². The van der Waals surface area contributed by atoms with Crippen molar-refractivity contribution in [2.45, 2.75) is 33.1 Å². The van der Waals surface area contributed by atoms with Gasteiger partial charge in [0.05, 0.1) is 12.7 Å². The number of hydrogen-bond donors (Lipinski definition) is 0. The van der Waals surface area contributed by atoms with Gasteiger partial charge in [0.2, 0.25) is 0 Å². The molecule has 0 saturated carbocycles. The van der Waals surface area contributed by atoms with E-state index in [1.807, 2.05) is 24.3 Å². The average Bonchev–Trinajstić information content (AvgIpc) is 2.78. The van der Waals surface area contributed by atoms with Crippen molar-refractivity contribution in [3.8, 4) is 22.6 Å². The van der Waals surface area contributed by atoms with Gasteiger partial charge in [-0.2, -0.15) is 0 Å². The normalized spacial score (nSPS) is 11.7. The fourth-order valence-electron chi connectivity index (χ4n) is 3.09. The van der Waals surface area contributed by atoms with Gasteiger partial charge in [-0.25, -0.2) is 4.79 Å². The van der Waals surface area contributed by atoms with E-state index in [4.69, 9.17) is 9.47 Å². The molecule has 3 aromatic rings. The van der Waals surface area contributed by atoms with Gasteiger partial charge in [-0.05, 0) is 71.8 Å². The SMILES string of the molecule is CCC(C)CCc1ccc(-c2ccc(OC(=O)c3ccc(OC)cc3)cc2)cc1. The Morgan fingerprint density at radius 2 is 1.38 bits per heavy atom. The van der Waals surface area contributed by atoms with E-state index in [9.17, 15) is 4.79 Å². The van der Waals surface area contributed by atoms with Gasteiger partial charge in [0.1, 0.15) is 11.5 Å². The third-order valence-corrected chi connectivity index (χ3v) is 5.30. The van der Waals surface area contributed by atoms with Crippen molar-refractivity contribution in [3.63, 3.8) is 0 Å². The summed E-state index contributed by atoms with van der Waals surface area (Å²) in [5.41, 5.74) is 4.12. The lowest BCUT2D eigenvalue weighted by molar-refractivity contribution is 0.0734. The van der Waals surface area contributed by atoms with E-state index < -0.39 is 0 Å². The monoisotopic (exact) mass is 388 g/mol. The van der Waals surface area contributed by atoms with Crippen LogP contribution in [0.1, 0.15) is 42.6 Å². The number of rotatable bonds is 8. The molecule has 0 amide bonds. The largest absolute Gasteiger partial charge is 0.497 e. The maximum atomic E-state index is 12.3. The predicted molar refractivity (Wildman–Crippen MR) is 118 cm³/mol. The number of esters is 1. The van der Waals surface area contributed by atoms with E-state index in [1.54, 1.807) is 31.4 Å². The van der Waals surface area contributed by atoms with Crippen LogP contribution < -0.4 is 9.47 Å². The van der Waals surface area contributed by atoms with E-state index >= 15 is 0 Å². The summed E-state index contributed by atoms with van der Waals surface area (Å²) in [5, 5.41) is 0. The smallest absolute Gasteiger partial charge is 0.343 e. The summed E-state index contributed by atoms with van der Waals surface area (Å²) in [7, 11) is 1.59. The molecule has 0 N–H and O–H groups in total. The Balaban J connectivity index is 1.61. The molecule has 3 rings (SSSR count). The van der Waals surface area contributed by atoms with Gasteiger partial charge in [0.25, 0.3) is 0 Å². The van der Waals surface area contributed by atoms with Gasteiger partial charge >= 0.3 is 5.97 Å². The minimum atomic E-state index is -0.383. The highest BCUT2D eigenvalue weighted by Crippen LogP contribution is 2.24. The summed E-state index contributed by atoms with van der Waals surface area (Å²) in [5.74, 6) is 1.62. The van der Waals surface area contributed by atoms with Crippen LogP contribution in [-0.2, 0) is 6.42 Å². The summed E-state index contributed by atoms with van der Waals surface area (Å²) in [6.45, 7) is 4.54. The number of carbonyl (C=O) groups is 1. The summed E-state index contributed by atoms with van der Waals surface area (Å²) in [6, 6.07) is 23.2. The number of benzene rings is 3. The molecule has 1 unspecified atom stereocenters. The Labute approximate surface area is 173 Å². The number of carbonyl (C=O) groups excluding carboxylic acids is 1. The highest BCUT2D eigenvalue weighted by Gasteiger charge is 2.09. The molecule has 3 nitrogen and oxygen atoms in total. The van der Waals surface area contributed by atoms with Crippen LogP contribution in [0.25, 0.3) is 11.1 Å². The molecule has 0 aliphatic carbocycles. The zero-order chi connectivity index (χ0) is 20.6. The van der Waals surface area contributed by atoms with E-state index in [0.29, 0.717) is 17.1 Å². The summed E-state index contributed by atoms with van der Waals surface area (Å²) in [4.78, 5) is 12.3. The maximum Gasteiger partial charge on any atom is 0.343 e. The first-order valence-corrected chi connectivity index (χ1v) is 10.1. The Kier molecular flexibility index (Phi) is 7.07. The molecule has 0 spiro atoms. The second-order valence-corrected chi connectivity index (χ2v) is 7.39. The van der Waals surface area contributed by atoms with Crippen LogP contribution >= 0.6 is 0 Å². The fourth-order valence-corrected chi connectivity index (χ4v) is 3.09. The molecule has 3 aromatic carbocycles. The molecule has 0 fully saturated rings. The second kappa shape index (κ2) is 9.92. The molecule has 1 atom stereocenters. The third kappa shape index (κ3) is 5.71. The van der Waals surface area contributed by atoms with Crippen LogP contribution in [0.15, 0.2) is 72.8 Å².